The van der Waals surface area contributed by atoms with Crippen LogP contribution < -0.4 is 9.47 Å². The molecule has 0 spiro atoms. The molecule has 21 heavy (non-hydrogen) atoms. The molecule has 0 fully saturated rings. The molecule has 0 saturated carbocycles. The van der Waals surface area contributed by atoms with Crippen LogP contribution in [0.15, 0.2) is 53.1 Å². The summed E-state index contributed by atoms with van der Waals surface area (Å²) in [6.45, 7) is 0. The summed E-state index contributed by atoms with van der Waals surface area (Å²) in [6, 6.07) is 13.8. The summed E-state index contributed by atoms with van der Waals surface area (Å²) in [5, 5.41) is 0.985. The van der Waals surface area contributed by atoms with E-state index in [4.69, 9.17) is 13.9 Å². The fourth-order valence-corrected chi connectivity index (χ4v) is 2.23. The second-order valence-corrected chi connectivity index (χ2v) is 4.66. The average Bonchev–Trinajstić information content (AvgIpc) is 3.01. The summed E-state index contributed by atoms with van der Waals surface area (Å²) < 4.78 is 16.0. The highest BCUT2D eigenvalue weighted by molar-refractivity contribution is 5.87. The van der Waals surface area contributed by atoms with Gasteiger partial charge in [-0.05, 0) is 41.5 Å². The van der Waals surface area contributed by atoms with Crippen molar-refractivity contribution in [2.45, 2.75) is 0 Å². The van der Waals surface area contributed by atoms with Gasteiger partial charge in [-0.3, -0.25) is 0 Å². The first kappa shape index (κ1) is 13.3. The van der Waals surface area contributed by atoms with E-state index in [9.17, 15) is 0 Å². The molecular weight excluding hydrogens is 264 g/mol. The van der Waals surface area contributed by atoms with Gasteiger partial charge in [0.2, 0.25) is 0 Å². The Labute approximate surface area is 123 Å². The molecule has 106 valence electrons. The zero-order valence-corrected chi connectivity index (χ0v) is 12.0. The summed E-state index contributed by atoms with van der Waals surface area (Å²) in [4.78, 5) is 0. The van der Waals surface area contributed by atoms with Gasteiger partial charge in [-0.25, -0.2) is 0 Å². The van der Waals surface area contributed by atoms with Gasteiger partial charge in [0.15, 0.2) is 0 Å². The zero-order chi connectivity index (χ0) is 14.7. The molecule has 0 aliphatic carbocycles. The van der Waals surface area contributed by atoms with Crippen LogP contribution in [0.2, 0.25) is 0 Å². The van der Waals surface area contributed by atoms with E-state index >= 15 is 0 Å². The Bertz CT molecular complexity index is 767. The first-order chi connectivity index (χ1) is 10.3. The van der Waals surface area contributed by atoms with Crippen molar-refractivity contribution in [1.29, 1.82) is 0 Å². The van der Waals surface area contributed by atoms with E-state index in [1.54, 1.807) is 20.5 Å². The minimum Gasteiger partial charge on any atom is -0.497 e. The van der Waals surface area contributed by atoms with Crippen molar-refractivity contribution in [3.8, 4) is 11.5 Å². The summed E-state index contributed by atoms with van der Waals surface area (Å²) in [6.07, 6.45) is 5.75. The molecule has 0 amide bonds. The maximum atomic E-state index is 5.45. The Morgan fingerprint density at radius 2 is 1.62 bits per heavy atom. The Kier molecular flexibility index (Phi) is 3.65. The number of hydrogen-bond acceptors (Lipinski definition) is 3. The molecule has 3 aromatic rings. The molecule has 0 atom stereocenters. The number of hydrogen-bond donors (Lipinski definition) is 0. The lowest BCUT2D eigenvalue weighted by atomic mass is 10.1. The second-order valence-electron chi connectivity index (χ2n) is 4.66. The third kappa shape index (κ3) is 2.77. The van der Waals surface area contributed by atoms with Gasteiger partial charge in [0.1, 0.15) is 17.1 Å². The molecule has 2 aromatic carbocycles. The number of rotatable bonds is 4. The highest BCUT2D eigenvalue weighted by Crippen LogP contribution is 2.29. The van der Waals surface area contributed by atoms with Crippen molar-refractivity contribution < 1.29 is 13.9 Å². The van der Waals surface area contributed by atoms with Crippen LogP contribution >= 0.6 is 0 Å². The highest BCUT2D eigenvalue weighted by atomic mass is 16.5. The Morgan fingerprint density at radius 1 is 0.857 bits per heavy atom. The molecule has 3 rings (SSSR count). The summed E-state index contributed by atoms with van der Waals surface area (Å²) in [5.74, 6) is 1.67. The molecule has 1 heterocycles. The SMILES string of the molecule is COc1ccc(/C=C\c2cc(OC)c3ccoc3c2)cc1. The topological polar surface area (TPSA) is 31.6 Å². The van der Waals surface area contributed by atoms with Gasteiger partial charge in [-0.1, -0.05) is 24.3 Å². The van der Waals surface area contributed by atoms with Crippen LogP contribution in [0.5, 0.6) is 11.5 Å². The van der Waals surface area contributed by atoms with E-state index in [1.165, 1.54) is 0 Å². The zero-order valence-electron chi connectivity index (χ0n) is 12.0. The predicted octanol–water partition coefficient (Wildman–Crippen LogP) is 4.62. The quantitative estimate of drug-likeness (QED) is 0.653. The van der Waals surface area contributed by atoms with E-state index < -0.39 is 0 Å². The standard InChI is InChI=1S/C18H16O3/c1-19-15-7-5-13(6-8-15)3-4-14-11-17(20-2)16-9-10-21-18(16)12-14/h3-12H,1-2H3/b4-3-. The van der Waals surface area contributed by atoms with Gasteiger partial charge in [0.05, 0.1) is 25.9 Å². The molecular formula is C18H16O3. The molecule has 0 saturated heterocycles. The van der Waals surface area contributed by atoms with E-state index in [0.29, 0.717) is 0 Å². The molecule has 0 bridgehead atoms. The van der Waals surface area contributed by atoms with Crippen molar-refractivity contribution >= 4 is 23.1 Å². The third-order valence-corrected chi connectivity index (χ3v) is 3.36. The van der Waals surface area contributed by atoms with E-state index in [2.05, 4.69) is 0 Å². The highest BCUT2D eigenvalue weighted by Gasteiger charge is 2.05. The lowest BCUT2D eigenvalue weighted by Gasteiger charge is -2.03. The second kappa shape index (κ2) is 5.75. The fourth-order valence-electron chi connectivity index (χ4n) is 2.23. The largest absolute Gasteiger partial charge is 0.497 e. The smallest absolute Gasteiger partial charge is 0.138 e. The third-order valence-electron chi connectivity index (χ3n) is 3.36. The summed E-state index contributed by atoms with van der Waals surface area (Å²) >= 11 is 0. The van der Waals surface area contributed by atoms with Gasteiger partial charge in [0, 0.05) is 0 Å². The van der Waals surface area contributed by atoms with Crippen LogP contribution in [0.1, 0.15) is 11.1 Å². The molecule has 3 heteroatoms. The Hall–Kier alpha value is -2.68. The Morgan fingerprint density at radius 3 is 2.33 bits per heavy atom. The molecule has 3 nitrogen and oxygen atoms in total. The monoisotopic (exact) mass is 280 g/mol. The average molecular weight is 280 g/mol. The van der Waals surface area contributed by atoms with E-state index in [0.717, 1.165) is 33.6 Å². The molecule has 0 aliphatic rings. The van der Waals surface area contributed by atoms with Gasteiger partial charge in [0.25, 0.3) is 0 Å². The first-order valence-electron chi connectivity index (χ1n) is 6.67. The predicted molar refractivity (Wildman–Crippen MR) is 84.7 cm³/mol. The summed E-state index contributed by atoms with van der Waals surface area (Å²) in [7, 11) is 3.33. The van der Waals surface area contributed by atoms with Gasteiger partial charge >= 0.3 is 0 Å². The van der Waals surface area contributed by atoms with E-state index in [-0.39, 0.29) is 0 Å². The van der Waals surface area contributed by atoms with Gasteiger partial charge in [-0.15, -0.1) is 0 Å². The molecule has 1 aromatic heterocycles. The molecule has 0 unspecified atom stereocenters. The molecule has 0 N–H and O–H groups in total. The Balaban J connectivity index is 1.91. The minimum absolute atomic E-state index is 0.815. The van der Waals surface area contributed by atoms with Crippen molar-refractivity contribution in [2.24, 2.45) is 0 Å². The summed E-state index contributed by atoms with van der Waals surface area (Å²) in [5.41, 5.74) is 2.96. The number of furan rings is 1. The van der Waals surface area contributed by atoms with E-state index in [1.807, 2.05) is 54.6 Å². The van der Waals surface area contributed by atoms with Crippen molar-refractivity contribution in [2.75, 3.05) is 14.2 Å². The first-order valence-corrected chi connectivity index (χ1v) is 6.67. The van der Waals surface area contributed by atoms with Crippen LogP contribution in [0, 0.1) is 0 Å². The number of fused-ring (bicyclic) bond motifs is 1. The maximum Gasteiger partial charge on any atom is 0.138 e. The van der Waals surface area contributed by atoms with Gasteiger partial charge in [-0.2, -0.15) is 0 Å². The van der Waals surface area contributed by atoms with Crippen LogP contribution in [0.4, 0.5) is 0 Å². The number of benzene rings is 2. The number of ether oxygens (including phenoxy) is 2. The molecule has 0 aliphatic heterocycles. The fraction of sp³-hybridized carbons (Fsp3) is 0.111. The van der Waals surface area contributed by atoms with Crippen molar-refractivity contribution in [3.05, 3.63) is 59.9 Å². The van der Waals surface area contributed by atoms with Crippen molar-refractivity contribution in [1.82, 2.24) is 0 Å². The van der Waals surface area contributed by atoms with Crippen LogP contribution in [-0.2, 0) is 0 Å². The maximum absolute atomic E-state index is 5.45. The van der Waals surface area contributed by atoms with Crippen LogP contribution in [0.3, 0.4) is 0 Å². The van der Waals surface area contributed by atoms with Crippen LogP contribution in [0.25, 0.3) is 23.1 Å². The normalized spacial score (nSPS) is 11.1. The minimum atomic E-state index is 0.815. The molecule has 0 radical (unpaired) electrons. The van der Waals surface area contributed by atoms with Crippen LogP contribution in [-0.4, -0.2) is 14.2 Å². The lowest BCUT2D eigenvalue weighted by molar-refractivity contribution is 0.415. The van der Waals surface area contributed by atoms with Crippen molar-refractivity contribution in [3.63, 3.8) is 0 Å². The number of methoxy groups -OCH3 is 2. The lowest BCUT2D eigenvalue weighted by Crippen LogP contribution is -1.84. The van der Waals surface area contributed by atoms with Gasteiger partial charge < -0.3 is 13.9 Å².